The SMILES string of the molecule is [B]C1CC(C)C(C)CC1C(C)C1CC=CC1C1CC(C(=C)C)CCC1C. The third kappa shape index (κ3) is 4.02. The van der Waals surface area contributed by atoms with Gasteiger partial charge in [0.25, 0.3) is 0 Å². The third-order valence-corrected chi connectivity index (χ3v) is 8.87. The van der Waals surface area contributed by atoms with E-state index in [0.717, 1.165) is 47.3 Å². The van der Waals surface area contributed by atoms with Gasteiger partial charge in [0.2, 0.25) is 0 Å². The predicted molar refractivity (Wildman–Crippen MR) is 115 cm³/mol. The van der Waals surface area contributed by atoms with Crippen molar-refractivity contribution in [3.8, 4) is 0 Å². The first-order chi connectivity index (χ1) is 12.3. The minimum absolute atomic E-state index is 0.407. The number of hydrogen-bond donors (Lipinski definition) is 0. The topological polar surface area (TPSA) is 0 Å². The van der Waals surface area contributed by atoms with E-state index in [4.69, 9.17) is 7.85 Å². The Kier molecular flexibility index (Phi) is 6.46. The zero-order valence-corrected chi connectivity index (χ0v) is 18.0. The van der Waals surface area contributed by atoms with Crippen LogP contribution in [-0.2, 0) is 0 Å². The Labute approximate surface area is 164 Å². The zero-order valence-electron chi connectivity index (χ0n) is 18.0. The normalized spacial score (nSPS) is 47.7. The van der Waals surface area contributed by atoms with Crippen LogP contribution >= 0.6 is 0 Å². The van der Waals surface area contributed by atoms with Crippen molar-refractivity contribution in [1.29, 1.82) is 0 Å². The minimum atomic E-state index is 0.407. The third-order valence-electron chi connectivity index (χ3n) is 8.87. The Hall–Kier alpha value is -0.455. The van der Waals surface area contributed by atoms with Crippen LogP contribution in [0.4, 0.5) is 0 Å². The average molecular weight is 352 g/mol. The lowest BCUT2D eigenvalue weighted by Crippen LogP contribution is -2.38. The Morgan fingerprint density at radius 1 is 1.00 bits per heavy atom. The van der Waals surface area contributed by atoms with Crippen LogP contribution in [0.3, 0.4) is 0 Å². The van der Waals surface area contributed by atoms with Crippen LogP contribution in [-0.4, -0.2) is 7.85 Å². The maximum atomic E-state index is 6.68. The summed E-state index contributed by atoms with van der Waals surface area (Å²) in [5, 5.41) is 0. The first-order valence-corrected chi connectivity index (χ1v) is 11.4. The molecular formula is C25H41B. The number of allylic oxidation sites excluding steroid dienone is 3. The summed E-state index contributed by atoms with van der Waals surface area (Å²) in [7, 11) is 6.68. The van der Waals surface area contributed by atoms with Crippen molar-refractivity contribution in [1.82, 2.24) is 0 Å². The Balaban J connectivity index is 1.72. The zero-order chi connectivity index (χ0) is 19.0. The molecule has 0 amide bonds. The van der Waals surface area contributed by atoms with Gasteiger partial charge < -0.3 is 0 Å². The quantitative estimate of drug-likeness (QED) is 0.374. The van der Waals surface area contributed by atoms with Gasteiger partial charge in [-0.15, -0.1) is 0 Å². The van der Waals surface area contributed by atoms with E-state index in [2.05, 4.69) is 53.3 Å². The molecule has 0 heterocycles. The molecule has 1 heteroatoms. The van der Waals surface area contributed by atoms with Gasteiger partial charge in [-0.3, -0.25) is 0 Å². The van der Waals surface area contributed by atoms with Gasteiger partial charge in [-0.05, 0) is 92.3 Å². The van der Waals surface area contributed by atoms with Crippen molar-refractivity contribution in [2.24, 2.45) is 53.3 Å². The monoisotopic (exact) mass is 352 g/mol. The van der Waals surface area contributed by atoms with E-state index in [1.807, 2.05) is 0 Å². The Bertz CT molecular complexity index is 520. The van der Waals surface area contributed by atoms with Gasteiger partial charge in [-0.25, -0.2) is 0 Å². The standard InChI is InChI=1S/C25H41B/c1-15(2)20-11-10-16(3)23(14-20)22-9-7-8-21(22)19(6)24-12-17(4)18(5)13-25(24)26/h7,9,16-25H,1,8,10-14H2,2-6H3. The van der Waals surface area contributed by atoms with Crippen molar-refractivity contribution < 1.29 is 0 Å². The summed E-state index contributed by atoms with van der Waals surface area (Å²) in [5.74, 6) is 7.51. The van der Waals surface area contributed by atoms with Crippen LogP contribution in [0.5, 0.6) is 0 Å². The van der Waals surface area contributed by atoms with Crippen LogP contribution in [0.1, 0.15) is 73.1 Å². The van der Waals surface area contributed by atoms with Crippen LogP contribution in [0.25, 0.3) is 0 Å². The van der Waals surface area contributed by atoms with Gasteiger partial charge in [0, 0.05) is 0 Å². The molecule has 0 bridgehead atoms. The molecule has 0 aromatic heterocycles. The lowest BCUT2D eigenvalue weighted by molar-refractivity contribution is 0.0733. The van der Waals surface area contributed by atoms with Gasteiger partial charge in [0.1, 0.15) is 0 Å². The van der Waals surface area contributed by atoms with Crippen molar-refractivity contribution in [3.05, 3.63) is 24.3 Å². The van der Waals surface area contributed by atoms with E-state index in [1.165, 1.54) is 44.1 Å². The van der Waals surface area contributed by atoms with Crippen LogP contribution in [0.2, 0.25) is 5.82 Å². The molecule has 2 fully saturated rings. The fraction of sp³-hybridized carbons (Fsp3) is 0.840. The number of rotatable bonds is 4. The predicted octanol–water partition coefficient (Wildman–Crippen LogP) is 7.08. The molecule has 0 aliphatic heterocycles. The van der Waals surface area contributed by atoms with Crippen LogP contribution in [0, 0.1) is 53.3 Å². The van der Waals surface area contributed by atoms with Gasteiger partial charge >= 0.3 is 0 Å². The fourth-order valence-electron chi connectivity index (χ4n) is 6.65. The summed E-state index contributed by atoms with van der Waals surface area (Å²) in [6.07, 6.45) is 13.0. The van der Waals surface area contributed by atoms with E-state index in [1.54, 1.807) is 0 Å². The smallest absolute Gasteiger partial charge is 0.0703 e. The first kappa shape index (κ1) is 20.3. The molecule has 0 N–H and O–H groups in total. The van der Waals surface area contributed by atoms with Gasteiger partial charge in [0.15, 0.2) is 0 Å². The molecule has 0 nitrogen and oxygen atoms in total. The van der Waals surface area contributed by atoms with Crippen LogP contribution in [0.15, 0.2) is 24.3 Å². The Morgan fingerprint density at radius 2 is 1.69 bits per heavy atom. The highest BCUT2D eigenvalue weighted by atomic mass is 14.5. The largest absolute Gasteiger partial charge is 0.0999 e. The van der Waals surface area contributed by atoms with Crippen molar-refractivity contribution in [2.75, 3.05) is 0 Å². The molecule has 0 spiro atoms. The molecule has 0 saturated heterocycles. The molecule has 26 heavy (non-hydrogen) atoms. The maximum Gasteiger partial charge on any atom is 0.0703 e. The highest BCUT2D eigenvalue weighted by Crippen LogP contribution is 2.52. The van der Waals surface area contributed by atoms with Gasteiger partial charge in [-0.2, -0.15) is 0 Å². The van der Waals surface area contributed by atoms with E-state index in [0.29, 0.717) is 11.7 Å². The summed E-state index contributed by atoms with van der Waals surface area (Å²) in [6, 6.07) is 0. The van der Waals surface area contributed by atoms with E-state index < -0.39 is 0 Å². The summed E-state index contributed by atoms with van der Waals surface area (Å²) in [4.78, 5) is 0. The highest BCUT2D eigenvalue weighted by Gasteiger charge is 2.43. The van der Waals surface area contributed by atoms with Gasteiger partial charge in [0.05, 0.1) is 7.85 Å². The molecule has 0 aromatic carbocycles. The van der Waals surface area contributed by atoms with E-state index >= 15 is 0 Å². The average Bonchev–Trinajstić information content (AvgIpc) is 3.07. The van der Waals surface area contributed by atoms with E-state index in [-0.39, 0.29) is 0 Å². The highest BCUT2D eigenvalue weighted by molar-refractivity contribution is 6.11. The van der Waals surface area contributed by atoms with Gasteiger partial charge in [-0.1, -0.05) is 64.2 Å². The second kappa shape index (κ2) is 8.28. The molecule has 0 aromatic rings. The molecule has 3 rings (SSSR count). The Morgan fingerprint density at radius 3 is 2.38 bits per heavy atom. The van der Waals surface area contributed by atoms with Crippen LogP contribution < -0.4 is 0 Å². The first-order valence-electron chi connectivity index (χ1n) is 11.4. The lowest BCUT2D eigenvalue weighted by atomic mass is 9.55. The molecule has 2 radical (unpaired) electrons. The minimum Gasteiger partial charge on any atom is -0.0999 e. The summed E-state index contributed by atoms with van der Waals surface area (Å²) in [6.45, 7) is 16.4. The summed E-state index contributed by atoms with van der Waals surface area (Å²) < 4.78 is 0. The second-order valence-electron chi connectivity index (χ2n) is 10.5. The molecule has 2 saturated carbocycles. The molecule has 10 atom stereocenters. The van der Waals surface area contributed by atoms with E-state index in [9.17, 15) is 0 Å². The number of hydrogen-bond acceptors (Lipinski definition) is 0. The van der Waals surface area contributed by atoms with Crippen molar-refractivity contribution >= 4 is 7.85 Å². The molecule has 144 valence electrons. The molecule has 10 unspecified atom stereocenters. The summed E-state index contributed by atoms with van der Waals surface area (Å²) in [5.41, 5.74) is 1.41. The molecule has 3 aliphatic rings. The molecular weight excluding hydrogens is 311 g/mol. The molecule has 3 aliphatic carbocycles. The maximum absolute atomic E-state index is 6.68. The fourth-order valence-corrected chi connectivity index (χ4v) is 6.65. The van der Waals surface area contributed by atoms with Crippen molar-refractivity contribution in [3.63, 3.8) is 0 Å². The lowest BCUT2D eigenvalue weighted by Gasteiger charge is -2.46. The summed E-state index contributed by atoms with van der Waals surface area (Å²) >= 11 is 0. The van der Waals surface area contributed by atoms with Crippen molar-refractivity contribution in [2.45, 2.75) is 79.0 Å². The second-order valence-corrected chi connectivity index (χ2v) is 10.5.